The molecular formula is C12H2F25NaO4S. The summed E-state index contributed by atoms with van der Waals surface area (Å²) < 4.78 is 357. The van der Waals surface area contributed by atoms with Crippen molar-refractivity contribution in [1.29, 1.82) is 0 Å². The molecule has 0 amide bonds. The zero-order valence-corrected chi connectivity index (χ0v) is 18.3. The molecule has 0 saturated carbocycles. The van der Waals surface area contributed by atoms with Gasteiger partial charge in [-0.25, -0.2) is 0 Å². The molecule has 256 valence electrons. The molecule has 43 heavy (non-hydrogen) atoms. The van der Waals surface area contributed by atoms with Gasteiger partial charge in [0.05, 0.1) is 0 Å². The number of hydrogen-bond acceptors (Lipinski definition) is 3. The van der Waals surface area contributed by atoms with Crippen molar-refractivity contribution in [1.82, 2.24) is 0 Å². The zero-order valence-electron chi connectivity index (χ0n) is 17.5. The molecule has 0 saturated heterocycles. The molecular weight excluding hydrogens is 738 g/mol. The van der Waals surface area contributed by atoms with Crippen molar-refractivity contribution in [2.45, 2.75) is 71.5 Å². The molecule has 0 atom stereocenters. The molecule has 0 radical (unpaired) electrons. The quantitative estimate of drug-likeness (QED) is 0.138. The molecule has 0 bridgehead atoms. The molecule has 0 aliphatic carbocycles. The van der Waals surface area contributed by atoms with Gasteiger partial charge in [0.1, 0.15) is 0 Å². The minimum atomic E-state index is -9.75. The van der Waals surface area contributed by atoms with E-state index in [0.717, 1.165) is 0 Å². The molecule has 0 unspecified atom stereocenters. The molecule has 0 aliphatic rings. The van der Waals surface area contributed by atoms with E-state index in [2.05, 4.69) is 0 Å². The van der Waals surface area contributed by atoms with Crippen LogP contribution in [0.2, 0.25) is 0 Å². The summed E-state index contributed by atoms with van der Waals surface area (Å²) in [4.78, 5) is 0. The number of halogens is 25. The summed E-state index contributed by atoms with van der Waals surface area (Å²) in [6, 6.07) is 0. The van der Waals surface area contributed by atoms with Crippen LogP contribution in [0.25, 0.3) is 0 Å². The van der Waals surface area contributed by atoms with E-state index < -0.39 is 81.9 Å². The zero-order chi connectivity index (χ0) is 35.2. The van der Waals surface area contributed by atoms with Gasteiger partial charge in [-0.1, -0.05) is 0 Å². The topological polar surface area (TPSA) is 63.6 Å². The Labute approximate surface area is 238 Å². The van der Waals surface area contributed by atoms with Crippen LogP contribution in [-0.2, 0) is 14.6 Å². The number of rotatable bonds is 12. The third kappa shape index (κ3) is 5.80. The summed E-state index contributed by atoms with van der Waals surface area (Å²) in [6.45, 7) is 0. The molecule has 0 heterocycles. The van der Waals surface area contributed by atoms with Crippen LogP contribution in [-0.4, -0.2) is 114 Å². The molecule has 31 heteroatoms. The summed E-state index contributed by atoms with van der Waals surface area (Å²) in [5.41, 5.74) is 0. The van der Waals surface area contributed by atoms with Crippen LogP contribution in [0.1, 0.15) is 0 Å². The van der Waals surface area contributed by atoms with Crippen LogP contribution in [0.15, 0.2) is 0 Å². The molecule has 0 rings (SSSR count). The average molecular weight is 740 g/mol. The Morgan fingerprint density at radius 1 is 0.349 bits per heavy atom. The fourth-order valence-electron chi connectivity index (χ4n) is 2.12. The van der Waals surface area contributed by atoms with Crippen molar-refractivity contribution in [2.24, 2.45) is 0 Å². The van der Waals surface area contributed by atoms with E-state index in [9.17, 15) is 118 Å². The minimum absolute atomic E-state index is 0. The van der Waals surface area contributed by atoms with E-state index in [4.69, 9.17) is 4.55 Å². The maximum absolute atomic E-state index is 13.5. The van der Waals surface area contributed by atoms with Gasteiger partial charge in [0.15, 0.2) is 0 Å². The van der Waals surface area contributed by atoms with Gasteiger partial charge in [-0.15, -0.1) is 0 Å². The van der Waals surface area contributed by atoms with Crippen molar-refractivity contribution in [3.05, 3.63) is 0 Å². The Kier molecular flexibility index (Phi) is 11.2. The first-order valence-electron chi connectivity index (χ1n) is 8.36. The van der Waals surface area contributed by atoms with Gasteiger partial charge in [-0.05, 0) is 0 Å². The van der Waals surface area contributed by atoms with Crippen molar-refractivity contribution in [3.63, 3.8) is 0 Å². The summed E-state index contributed by atoms with van der Waals surface area (Å²) in [7, 11) is -7.29. The van der Waals surface area contributed by atoms with E-state index in [1.807, 2.05) is 0 Å². The second-order valence-corrected chi connectivity index (χ2v) is 8.29. The van der Waals surface area contributed by atoms with Crippen molar-refractivity contribution in [3.8, 4) is 0 Å². The maximum atomic E-state index is 13.5. The third-order valence-electron chi connectivity index (χ3n) is 4.48. The molecule has 4 nitrogen and oxygen atoms in total. The monoisotopic (exact) mass is 740 g/mol. The average Bonchev–Trinajstić information content (AvgIpc) is 2.69. The van der Waals surface area contributed by atoms with Crippen LogP contribution in [0, 0.1) is 0 Å². The van der Waals surface area contributed by atoms with Crippen LogP contribution in [0.3, 0.4) is 0 Å². The van der Waals surface area contributed by atoms with Gasteiger partial charge in [0.25, 0.3) is 0 Å². The second kappa shape index (κ2) is 10.8. The fraction of sp³-hybridized carbons (Fsp3) is 1.00. The summed E-state index contributed by atoms with van der Waals surface area (Å²) in [6.07, 6.45) is -16.3. The van der Waals surface area contributed by atoms with Crippen LogP contribution in [0.4, 0.5) is 110 Å². The molecule has 0 spiro atoms. The van der Waals surface area contributed by atoms with Crippen LogP contribution in [0.5, 0.6) is 0 Å². The Bertz CT molecular complexity index is 1120. The van der Waals surface area contributed by atoms with Gasteiger partial charge in [-0.3, -0.25) is 4.55 Å². The van der Waals surface area contributed by atoms with E-state index in [0.29, 0.717) is 0 Å². The van der Waals surface area contributed by atoms with Gasteiger partial charge < -0.3 is 0 Å². The van der Waals surface area contributed by atoms with E-state index in [-0.39, 0.29) is 29.6 Å². The summed E-state index contributed by atoms with van der Waals surface area (Å²) in [5, 5.41) is 0. The fourth-order valence-corrected chi connectivity index (χ4v) is 2.49. The molecule has 0 fully saturated rings. The Balaban J connectivity index is 0. The predicted octanol–water partition coefficient (Wildman–Crippen LogP) is 6.67. The van der Waals surface area contributed by atoms with Crippen LogP contribution < -0.4 is 0 Å². The number of alkyl halides is 25. The van der Waals surface area contributed by atoms with Crippen molar-refractivity contribution >= 4 is 40.0 Å². The van der Waals surface area contributed by atoms with Gasteiger partial charge >= 0.3 is 111 Å². The van der Waals surface area contributed by atoms with Crippen molar-refractivity contribution < 1.29 is 127 Å². The Morgan fingerprint density at radius 2 is 0.512 bits per heavy atom. The predicted molar refractivity (Wildman–Crippen MR) is 80.3 cm³/mol. The summed E-state index contributed by atoms with van der Waals surface area (Å²) in [5.74, 6) is -93.8. The molecule has 0 aromatic carbocycles. The molecule has 1 N–H and O–H groups in total. The van der Waals surface area contributed by atoms with E-state index in [1.54, 1.807) is 0 Å². The van der Waals surface area contributed by atoms with E-state index >= 15 is 0 Å². The first kappa shape index (κ1) is 44.2. The normalized spacial score (nSPS) is 16.7. The van der Waals surface area contributed by atoms with Crippen molar-refractivity contribution in [2.75, 3.05) is 0 Å². The van der Waals surface area contributed by atoms with Gasteiger partial charge in [0.2, 0.25) is 0 Å². The second-order valence-electron chi connectivity index (χ2n) is 7.27. The first-order chi connectivity index (χ1) is 17.5. The molecule has 0 aromatic heterocycles. The van der Waals surface area contributed by atoms with Gasteiger partial charge in [-0.2, -0.15) is 122 Å². The standard InChI is InChI=1S/C12HF25O4S.Na.H/c13-1(14,3(17,18)5(21,22)7(25,26)9(29,30)11(33,34)35)2(15,16)4(19,20)6(23,24)8(27,28)10(31,32)12(36,37)41-42(38,39)40;;/h(H,38,39,40);;. The Morgan fingerprint density at radius 3 is 0.674 bits per heavy atom. The Hall–Kier alpha value is -0.880. The molecule has 0 aromatic rings. The third-order valence-corrected chi connectivity index (χ3v) is 4.90. The SMILES string of the molecule is O=S(=O)(O)OC(F)(F)C(F)(F)C(F)(F)C(F)(F)C(F)(F)C(F)(F)C(F)(F)C(F)(F)C(F)(F)C(F)(F)C(F)(F)C(F)(F)F.[NaH]. The molecule has 0 aliphatic heterocycles. The van der Waals surface area contributed by atoms with E-state index in [1.165, 1.54) is 4.18 Å². The van der Waals surface area contributed by atoms with Gasteiger partial charge in [0, 0.05) is 0 Å². The number of hydrogen-bond donors (Lipinski definition) is 1. The first-order valence-corrected chi connectivity index (χ1v) is 9.73. The summed E-state index contributed by atoms with van der Waals surface area (Å²) >= 11 is 0. The van der Waals surface area contributed by atoms with Crippen LogP contribution >= 0.6 is 0 Å².